The summed E-state index contributed by atoms with van der Waals surface area (Å²) in [5, 5.41) is 0. The van der Waals surface area contributed by atoms with Gasteiger partial charge in [0, 0.05) is 24.7 Å². The van der Waals surface area contributed by atoms with Gasteiger partial charge in [-0.15, -0.1) is 0 Å². The number of methoxy groups -OCH3 is 2. The van der Waals surface area contributed by atoms with E-state index in [9.17, 15) is 9.59 Å². The Morgan fingerprint density at radius 3 is 2.20 bits per heavy atom. The van der Waals surface area contributed by atoms with E-state index in [1.807, 2.05) is 24.3 Å². The van der Waals surface area contributed by atoms with Crippen molar-refractivity contribution in [3.8, 4) is 11.5 Å². The molecule has 2 N–H and O–H groups in total. The Balaban J connectivity index is 1.74. The van der Waals surface area contributed by atoms with E-state index in [2.05, 4.69) is 17.0 Å². The van der Waals surface area contributed by atoms with Crippen molar-refractivity contribution in [2.45, 2.75) is 25.3 Å². The number of ether oxygens (including phenoxy) is 2. The first-order chi connectivity index (χ1) is 14.5. The molecule has 1 saturated heterocycles. The molecule has 0 radical (unpaired) electrons. The maximum absolute atomic E-state index is 13.2. The second-order valence-electron chi connectivity index (χ2n) is 7.36. The third-order valence-corrected chi connectivity index (χ3v) is 5.47. The number of likely N-dealkylation sites (tertiary alicyclic amines) is 1. The Hall–Kier alpha value is -3.06. The predicted octanol–water partition coefficient (Wildman–Crippen LogP) is 2.75. The van der Waals surface area contributed by atoms with Crippen LogP contribution in [0.5, 0.6) is 11.5 Å². The van der Waals surface area contributed by atoms with Crippen LogP contribution in [0, 0.1) is 0 Å². The number of primary amides is 1. The van der Waals surface area contributed by atoms with Gasteiger partial charge in [-0.2, -0.15) is 0 Å². The third kappa shape index (κ3) is 5.30. The lowest BCUT2D eigenvalue weighted by molar-refractivity contribution is -0.120. The summed E-state index contributed by atoms with van der Waals surface area (Å²) in [6.07, 6.45) is 2.15. The quantitative estimate of drug-likeness (QED) is 0.686. The molecule has 1 atom stereocenters. The maximum atomic E-state index is 13.2. The van der Waals surface area contributed by atoms with Gasteiger partial charge in [-0.25, -0.2) is 0 Å². The fourth-order valence-electron chi connectivity index (χ4n) is 3.86. The van der Waals surface area contributed by atoms with Crippen LogP contribution in [0.4, 0.5) is 5.69 Å². The molecule has 0 bridgehead atoms. The van der Waals surface area contributed by atoms with Crippen LogP contribution in [-0.2, 0) is 9.59 Å². The van der Waals surface area contributed by atoms with Crippen LogP contribution in [0.3, 0.4) is 0 Å². The monoisotopic (exact) mass is 411 g/mol. The minimum Gasteiger partial charge on any atom is -0.497 e. The molecule has 0 saturated carbocycles. The van der Waals surface area contributed by atoms with Crippen LogP contribution < -0.4 is 20.1 Å². The Kier molecular flexibility index (Phi) is 7.30. The summed E-state index contributed by atoms with van der Waals surface area (Å²) in [4.78, 5) is 28.4. The van der Waals surface area contributed by atoms with Crippen molar-refractivity contribution in [1.29, 1.82) is 0 Å². The Bertz CT molecular complexity index is 852. The number of nitrogens with two attached hydrogens (primary N) is 1. The van der Waals surface area contributed by atoms with Gasteiger partial charge in [-0.3, -0.25) is 14.5 Å². The van der Waals surface area contributed by atoms with Gasteiger partial charge in [-0.05, 0) is 61.3 Å². The molecule has 1 fully saturated rings. The Morgan fingerprint density at radius 1 is 1.03 bits per heavy atom. The van der Waals surface area contributed by atoms with E-state index in [0.717, 1.165) is 30.8 Å². The van der Waals surface area contributed by atoms with E-state index in [4.69, 9.17) is 15.2 Å². The van der Waals surface area contributed by atoms with Crippen LogP contribution in [-0.4, -0.2) is 50.6 Å². The average Bonchev–Trinajstić information content (AvgIpc) is 3.22. The predicted molar refractivity (Wildman–Crippen MR) is 116 cm³/mol. The van der Waals surface area contributed by atoms with Gasteiger partial charge >= 0.3 is 0 Å². The standard InChI is InChI=1S/C23H29N3O4/c1-29-19-9-5-17(6-10-19)21-4-3-14-25(21)16-23(28)26(15-13-22(24)27)18-7-11-20(30-2)12-8-18/h5-12,21H,3-4,13-16H2,1-2H3,(H2,24,27). The molecule has 1 aliphatic rings. The Labute approximate surface area is 177 Å². The number of hydrogen-bond acceptors (Lipinski definition) is 5. The normalized spacial score (nSPS) is 16.3. The van der Waals surface area contributed by atoms with E-state index < -0.39 is 5.91 Å². The molecule has 1 heterocycles. The molecule has 2 aromatic carbocycles. The SMILES string of the molecule is COc1ccc(C2CCCN2CC(=O)N(CCC(N)=O)c2ccc(OC)cc2)cc1. The summed E-state index contributed by atoms with van der Waals surface area (Å²) in [7, 11) is 3.24. The van der Waals surface area contributed by atoms with Crippen LogP contribution in [0.15, 0.2) is 48.5 Å². The van der Waals surface area contributed by atoms with E-state index >= 15 is 0 Å². The summed E-state index contributed by atoms with van der Waals surface area (Å²) in [6.45, 7) is 1.39. The third-order valence-electron chi connectivity index (χ3n) is 5.47. The fraction of sp³-hybridized carbons (Fsp3) is 0.391. The van der Waals surface area contributed by atoms with E-state index in [-0.39, 0.29) is 31.5 Å². The fourth-order valence-corrected chi connectivity index (χ4v) is 3.86. The average molecular weight is 412 g/mol. The molecule has 1 unspecified atom stereocenters. The number of rotatable bonds is 9. The smallest absolute Gasteiger partial charge is 0.241 e. The molecule has 7 heteroatoms. The minimum atomic E-state index is -0.432. The number of nitrogens with zero attached hydrogens (tertiary/aromatic N) is 2. The van der Waals surface area contributed by atoms with Crippen molar-refractivity contribution < 1.29 is 19.1 Å². The van der Waals surface area contributed by atoms with Crippen molar-refractivity contribution in [2.75, 3.05) is 38.8 Å². The zero-order valence-corrected chi connectivity index (χ0v) is 17.5. The molecule has 1 aliphatic heterocycles. The highest BCUT2D eigenvalue weighted by molar-refractivity contribution is 5.95. The first kappa shape index (κ1) is 21.6. The molecule has 0 aliphatic carbocycles. The van der Waals surface area contributed by atoms with Crippen LogP contribution in [0.1, 0.15) is 30.9 Å². The van der Waals surface area contributed by atoms with Gasteiger partial charge in [0.2, 0.25) is 11.8 Å². The molecule has 160 valence electrons. The lowest BCUT2D eigenvalue weighted by atomic mass is 10.0. The highest BCUT2D eigenvalue weighted by atomic mass is 16.5. The van der Waals surface area contributed by atoms with E-state index in [1.54, 1.807) is 31.3 Å². The Morgan fingerprint density at radius 2 is 1.63 bits per heavy atom. The molecule has 3 rings (SSSR count). The lowest BCUT2D eigenvalue weighted by Crippen LogP contribution is -2.41. The first-order valence-corrected chi connectivity index (χ1v) is 10.1. The lowest BCUT2D eigenvalue weighted by Gasteiger charge is -2.29. The van der Waals surface area contributed by atoms with Gasteiger partial charge in [0.1, 0.15) is 11.5 Å². The number of anilines is 1. The summed E-state index contributed by atoms with van der Waals surface area (Å²) in [5.74, 6) is 1.04. The van der Waals surface area contributed by atoms with Gasteiger partial charge < -0.3 is 20.1 Å². The van der Waals surface area contributed by atoms with Crippen LogP contribution in [0.2, 0.25) is 0 Å². The summed E-state index contributed by atoms with van der Waals surface area (Å²) in [6, 6.07) is 15.4. The van der Waals surface area contributed by atoms with Gasteiger partial charge in [0.15, 0.2) is 0 Å². The van der Waals surface area contributed by atoms with Crippen molar-refractivity contribution in [3.63, 3.8) is 0 Å². The van der Waals surface area contributed by atoms with E-state index in [1.165, 1.54) is 5.56 Å². The van der Waals surface area contributed by atoms with Crippen LogP contribution in [0.25, 0.3) is 0 Å². The molecule has 2 amide bonds. The molecule has 2 aromatic rings. The molecule has 0 aromatic heterocycles. The molecule has 30 heavy (non-hydrogen) atoms. The molecule has 0 spiro atoms. The highest BCUT2D eigenvalue weighted by Gasteiger charge is 2.29. The number of benzene rings is 2. The van der Waals surface area contributed by atoms with Crippen molar-refractivity contribution in [1.82, 2.24) is 4.90 Å². The zero-order valence-electron chi connectivity index (χ0n) is 17.5. The second kappa shape index (κ2) is 10.1. The van der Waals surface area contributed by atoms with Gasteiger partial charge in [-0.1, -0.05) is 12.1 Å². The minimum absolute atomic E-state index is 0.0539. The van der Waals surface area contributed by atoms with Crippen molar-refractivity contribution >= 4 is 17.5 Å². The number of amides is 2. The zero-order chi connectivity index (χ0) is 21.5. The maximum Gasteiger partial charge on any atom is 0.241 e. The highest BCUT2D eigenvalue weighted by Crippen LogP contribution is 2.33. The number of carbonyl (C=O) groups is 2. The summed E-state index contributed by atoms with van der Waals surface area (Å²) < 4.78 is 10.4. The topological polar surface area (TPSA) is 85.1 Å². The number of hydrogen-bond donors (Lipinski definition) is 1. The summed E-state index contributed by atoms with van der Waals surface area (Å²) >= 11 is 0. The molecular formula is C23H29N3O4. The summed E-state index contributed by atoms with van der Waals surface area (Å²) in [5.41, 5.74) is 7.23. The van der Waals surface area contributed by atoms with E-state index in [0.29, 0.717) is 5.75 Å². The first-order valence-electron chi connectivity index (χ1n) is 10.1. The van der Waals surface area contributed by atoms with Crippen molar-refractivity contribution in [3.05, 3.63) is 54.1 Å². The molecular weight excluding hydrogens is 382 g/mol. The molecule has 7 nitrogen and oxygen atoms in total. The van der Waals surface area contributed by atoms with Gasteiger partial charge in [0.05, 0.1) is 20.8 Å². The largest absolute Gasteiger partial charge is 0.497 e. The second-order valence-corrected chi connectivity index (χ2v) is 7.36. The van der Waals surface area contributed by atoms with Crippen molar-refractivity contribution in [2.24, 2.45) is 5.73 Å². The van der Waals surface area contributed by atoms with Crippen LogP contribution >= 0.6 is 0 Å². The number of carbonyl (C=O) groups excluding carboxylic acids is 2. The van der Waals surface area contributed by atoms with Gasteiger partial charge in [0.25, 0.3) is 0 Å².